The Bertz CT molecular complexity index is 573. The van der Waals surface area contributed by atoms with E-state index in [9.17, 15) is 10.1 Å². The lowest BCUT2D eigenvalue weighted by atomic mass is 9.90. The molecular weight excluding hydrogens is 300 g/mol. The summed E-state index contributed by atoms with van der Waals surface area (Å²) < 4.78 is 0. The molecule has 0 aromatic heterocycles. The lowest BCUT2D eigenvalue weighted by molar-refractivity contribution is -0.124. The number of piperazine rings is 1. The van der Waals surface area contributed by atoms with Crippen molar-refractivity contribution in [3.63, 3.8) is 0 Å². The van der Waals surface area contributed by atoms with Crippen molar-refractivity contribution in [2.24, 2.45) is 5.92 Å². The van der Waals surface area contributed by atoms with Crippen LogP contribution in [0.3, 0.4) is 0 Å². The first-order valence-corrected chi connectivity index (χ1v) is 8.64. The van der Waals surface area contributed by atoms with Crippen molar-refractivity contribution < 1.29 is 4.79 Å². The van der Waals surface area contributed by atoms with Crippen LogP contribution >= 0.6 is 0 Å². The van der Waals surface area contributed by atoms with E-state index in [1.165, 1.54) is 5.56 Å². The molecule has 0 radical (unpaired) electrons. The molecule has 5 heteroatoms. The Kier molecular flexibility index (Phi) is 6.36. The summed E-state index contributed by atoms with van der Waals surface area (Å²) in [5.74, 6) is 0.0124. The van der Waals surface area contributed by atoms with Gasteiger partial charge in [0.2, 0.25) is 5.91 Å². The van der Waals surface area contributed by atoms with Gasteiger partial charge in [-0.15, -0.1) is 0 Å². The Balaban J connectivity index is 1.77. The molecule has 24 heavy (non-hydrogen) atoms. The Morgan fingerprint density at radius 2 is 1.79 bits per heavy atom. The number of carbonyl (C=O) groups is 1. The number of hydrogen-bond donors (Lipinski definition) is 1. The Morgan fingerprint density at radius 3 is 2.33 bits per heavy atom. The average Bonchev–Trinajstić information content (AvgIpc) is 2.57. The Labute approximate surface area is 145 Å². The summed E-state index contributed by atoms with van der Waals surface area (Å²) in [4.78, 5) is 16.8. The fourth-order valence-corrected chi connectivity index (χ4v) is 2.78. The number of hydrogen-bond acceptors (Lipinski definition) is 4. The molecule has 0 spiro atoms. The fraction of sp³-hybridized carbons (Fsp3) is 0.579. The second-order valence-electron chi connectivity index (χ2n) is 7.05. The standard InChI is InChI=1S/C19H28N4O/c1-16(2)19(3,15-20)21-18(24)14-23-11-9-22(10-12-23)13-17-7-5-4-6-8-17/h4-8,16H,9-14H2,1-3H3,(H,21,24)/t19-/m0/s1. The number of nitriles is 1. The summed E-state index contributed by atoms with van der Waals surface area (Å²) in [7, 11) is 0. The first kappa shape index (κ1) is 18.4. The summed E-state index contributed by atoms with van der Waals surface area (Å²) in [5.41, 5.74) is 0.525. The van der Waals surface area contributed by atoms with E-state index in [-0.39, 0.29) is 11.8 Å². The number of carbonyl (C=O) groups excluding carboxylic acids is 1. The second kappa shape index (κ2) is 8.27. The topological polar surface area (TPSA) is 59.4 Å². The average molecular weight is 328 g/mol. The highest BCUT2D eigenvalue weighted by Gasteiger charge is 2.30. The first-order chi connectivity index (χ1) is 11.4. The molecule has 1 aromatic rings. The fourth-order valence-electron chi connectivity index (χ4n) is 2.78. The number of benzene rings is 1. The Morgan fingerprint density at radius 1 is 1.21 bits per heavy atom. The zero-order valence-corrected chi connectivity index (χ0v) is 15.0. The molecule has 0 saturated carbocycles. The Hall–Kier alpha value is -1.90. The quantitative estimate of drug-likeness (QED) is 0.866. The normalized spacial score (nSPS) is 18.8. The van der Waals surface area contributed by atoms with E-state index in [0.717, 1.165) is 32.7 Å². The van der Waals surface area contributed by atoms with Gasteiger partial charge in [0.1, 0.15) is 5.54 Å². The van der Waals surface area contributed by atoms with Gasteiger partial charge in [-0.1, -0.05) is 44.2 Å². The summed E-state index contributed by atoms with van der Waals surface area (Å²) in [6.45, 7) is 10.7. The SMILES string of the molecule is CC(C)[C@](C)(C#N)NC(=O)CN1CCN(Cc2ccccc2)CC1. The third-order valence-corrected chi connectivity index (χ3v) is 4.87. The molecule has 130 valence electrons. The molecule has 1 aromatic carbocycles. The van der Waals surface area contributed by atoms with Crippen molar-refractivity contribution in [1.82, 2.24) is 15.1 Å². The first-order valence-electron chi connectivity index (χ1n) is 8.64. The van der Waals surface area contributed by atoms with Gasteiger partial charge in [0.05, 0.1) is 12.6 Å². The minimum absolute atomic E-state index is 0.0655. The highest BCUT2D eigenvalue weighted by molar-refractivity contribution is 5.79. The third kappa shape index (κ3) is 5.05. The molecular formula is C19H28N4O. The smallest absolute Gasteiger partial charge is 0.235 e. The van der Waals surface area contributed by atoms with Crippen molar-refractivity contribution in [3.05, 3.63) is 35.9 Å². The predicted octanol–water partition coefficient (Wildman–Crippen LogP) is 1.86. The molecule has 1 heterocycles. The molecule has 0 aliphatic carbocycles. The van der Waals surface area contributed by atoms with Crippen molar-refractivity contribution in [2.45, 2.75) is 32.9 Å². The van der Waals surface area contributed by atoms with Gasteiger partial charge in [-0.05, 0) is 18.4 Å². The maximum atomic E-state index is 12.2. The van der Waals surface area contributed by atoms with Crippen LogP contribution in [0.25, 0.3) is 0 Å². The molecule has 2 rings (SSSR count). The maximum absolute atomic E-state index is 12.2. The second-order valence-corrected chi connectivity index (χ2v) is 7.05. The molecule has 0 bridgehead atoms. The van der Waals surface area contributed by atoms with E-state index in [0.29, 0.717) is 6.54 Å². The molecule has 1 fully saturated rings. The molecule has 1 saturated heterocycles. The summed E-state index contributed by atoms with van der Waals surface area (Å²) in [6.07, 6.45) is 0. The number of nitrogens with zero attached hydrogens (tertiary/aromatic N) is 3. The molecule has 1 N–H and O–H groups in total. The number of amides is 1. The van der Waals surface area contributed by atoms with Crippen LogP contribution in [-0.2, 0) is 11.3 Å². The number of nitrogens with one attached hydrogen (secondary N) is 1. The van der Waals surface area contributed by atoms with Gasteiger partial charge in [-0.25, -0.2) is 0 Å². The van der Waals surface area contributed by atoms with E-state index >= 15 is 0 Å². The highest BCUT2D eigenvalue weighted by atomic mass is 16.2. The molecule has 1 aliphatic heterocycles. The van der Waals surface area contributed by atoms with Crippen LogP contribution in [0.1, 0.15) is 26.3 Å². The van der Waals surface area contributed by atoms with Gasteiger partial charge in [0.15, 0.2) is 0 Å². The van der Waals surface area contributed by atoms with Crippen LogP contribution in [-0.4, -0.2) is 54.0 Å². The number of rotatable bonds is 6. The molecule has 1 amide bonds. The van der Waals surface area contributed by atoms with Crippen molar-refractivity contribution in [3.8, 4) is 6.07 Å². The van der Waals surface area contributed by atoms with Gasteiger partial charge in [0, 0.05) is 32.7 Å². The van der Waals surface area contributed by atoms with Crippen molar-refractivity contribution in [2.75, 3.05) is 32.7 Å². The van der Waals surface area contributed by atoms with Crippen LogP contribution in [0.5, 0.6) is 0 Å². The van der Waals surface area contributed by atoms with E-state index in [4.69, 9.17) is 0 Å². The highest BCUT2D eigenvalue weighted by Crippen LogP contribution is 2.15. The summed E-state index contributed by atoms with van der Waals surface area (Å²) in [5, 5.41) is 12.2. The van der Waals surface area contributed by atoms with Crippen LogP contribution in [0.15, 0.2) is 30.3 Å². The van der Waals surface area contributed by atoms with E-state index < -0.39 is 5.54 Å². The van der Waals surface area contributed by atoms with Crippen LogP contribution in [0.2, 0.25) is 0 Å². The summed E-state index contributed by atoms with van der Waals surface area (Å²) >= 11 is 0. The van der Waals surface area contributed by atoms with E-state index in [2.05, 4.69) is 45.5 Å². The monoisotopic (exact) mass is 328 g/mol. The van der Waals surface area contributed by atoms with Gasteiger partial charge < -0.3 is 5.32 Å². The van der Waals surface area contributed by atoms with E-state index in [1.54, 1.807) is 6.92 Å². The minimum atomic E-state index is -0.799. The molecule has 1 aliphatic rings. The lowest BCUT2D eigenvalue weighted by Crippen LogP contribution is -2.54. The minimum Gasteiger partial charge on any atom is -0.337 e. The zero-order valence-electron chi connectivity index (χ0n) is 15.0. The van der Waals surface area contributed by atoms with Crippen LogP contribution in [0.4, 0.5) is 0 Å². The predicted molar refractivity (Wildman–Crippen MR) is 95.2 cm³/mol. The van der Waals surface area contributed by atoms with Gasteiger partial charge in [0.25, 0.3) is 0 Å². The van der Waals surface area contributed by atoms with Crippen molar-refractivity contribution in [1.29, 1.82) is 5.26 Å². The summed E-state index contributed by atoms with van der Waals surface area (Å²) in [6, 6.07) is 12.7. The molecule has 5 nitrogen and oxygen atoms in total. The van der Waals surface area contributed by atoms with Gasteiger partial charge in [-0.2, -0.15) is 5.26 Å². The van der Waals surface area contributed by atoms with Crippen molar-refractivity contribution >= 4 is 5.91 Å². The largest absolute Gasteiger partial charge is 0.337 e. The lowest BCUT2D eigenvalue weighted by Gasteiger charge is -2.35. The zero-order chi connectivity index (χ0) is 17.6. The van der Waals surface area contributed by atoms with Gasteiger partial charge in [-0.3, -0.25) is 14.6 Å². The van der Waals surface area contributed by atoms with Crippen LogP contribution in [0, 0.1) is 17.2 Å². The third-order valence-electron chi connectivity index (χ3n) is 4.87. The van der Waals surface area contributed by atoms with Gasteiger partial charge >= 0.3 is 0 Å². The van der Waals surface area contributed by atoms with E-state index in [1.807, 2.05) is 19.9 Å². The maximum Gasteiger partial charge on any atom is 0.235 e. The molecule has 1 atom stereocenters. The van der Waals surface area contributed by atoms with Crippen LogP contribution < -0.4 is 5.32 Å². The molecule has 0 unspecified atom stereocenters.